The summed E-state index contributed by atoms with van der Waals surface area (Å²) in [7, 11) is 4.66. The van der Waals surface area contributed by atoms with Gasteiger partial charge in [-0.15, -0.1) is 0 Å². The van der Waals surface area contributed by atoms with Crippen LogP contribution >= 0.6 is 0 Å². The number of nitrogens with zero attached hydrogens (tertiary/aromatic N) is 3. The van der Waals surface area contributed by atoms with Gasteiger partial charge in [0.25, 0.3) is 5.91 Å². The molecule has 8 heteroatoms. The van der Waals surface area contributed by atoms with E-state index >= 15 is 0 Å². The Morgan fingerprint density at radius 1 is 1.19 bits per heavy atom. The number of benzene rings is 2. The van der Waals surface area contributed by atoms with E-state index in [9.17, 15) is 14.0 Å². The average molecular weight is 427 g/mol. The molecule has 7 nitrogen and oxygen atoms in total. The van der Waals surface area contributed by atoms with Gasteiger partial charge in [-0.3, -0.25) is 9.59 Å². The molecular weight excluding hydrogens is 401 g/mol. The van der Waals surface area contributed by atoms with Crippen LogP contribution in [0.15, 0.2) is 47.6 Å². The highest BCUT2D eigenvalue weighted by molar-refractivity contribution is 6.05. The number of hydrogen-bond donors (Lipinski definition) is 0. The zero-order chi connectivity index (χ0) is 22.5. The summed E-state index contributed by atoms with van der Waals surface area (Å²) in [6, 6.07) is 11.0. The molecule has 1 atom stereocenters. The zero-order valence-corrected chi connectivity index (χ0v) is 18.1. The first-order valence-corrected chi connectivity index (χ1v) is 9.99. The number of carbonyl (C=O) groups is 2. The molecule has 0 aromatic heterocycles. The van der Waals surface area contributed by atoms with E-state index in [2.05, 4.69) is 5.10 Å². The van der Waals surface area contributed by atoms with E-state index in [1.165, 1.54) is 23.1 Å². The Morgan fingerprint density at radius 2 is 1.94 bits per heavy atom. The average Bonchev–Trinajstić information content (AvgIpc) is 3.23. The van der Waals surface area contributed by atoms with Crippen LogP contribution in [0.4, 0.5) is 4.39 Å². The Kier molecular flexibility index (Phi) is 6.89. The molecule has 1 aliphatic heterocycles. The molecule has 0 saturated carbocycles. The fourth-order valence-corrected chi connectivity index (χ4v) is 3.56. The summed E-state index contributed by atoms with van der Waals surface area (Å²) in [6.07, 6.45) is 0.596. The van der Waals surface area contributed by atoms with Crippen LogP contribution in [-0.2, 0) is 9.59 Å². The predicted molar refractivity (Wildman–Crippen MR) is 115 cm³/mol. The summed E-state index contributed by atoms with van der Waals surface area (Å²) >= 11 is 0. The Morgan fingerprint density at radius 3 is 2.58 bits per heavy atom. The smallest absolute Gasteiger partial charge is 0.262 e. The van der Waals surface area contributed by atoms with E-state index in [1.807, 2.05) is 0 Å². The van der Waals surface area contributed by atoms with Gasteiger partial charge in [0, 0.05) is 37.1 Å². The highest BCUT2D eigenvalue weighted by atomic mass is 19.1. The highest BCUT2D eigenvalue weighted by Gasteiger charge is 2.36. The second-order valence-corrected chi connectivity index (χ2v) is 7.20. The summed E-state index contributed by atoms with van der Waals surface area (Å²) in [5.74, 6) is 0.202. The van der Waals surface area contributed by atoms with Gasteiger partial charge in [0.1, 0.15) is 23.9 Å². The van der Waals surface area contributed by atoms with E-state index < -0.39 is 11.9 Å². The van der Waals surface area contributed by atoms with Crippen LogP contribution in [0, 0.1) is 5.82 Å². The van der Waals surface area contributed by atoms with Crippen molar-refractivity contribution >= 4 is 17.5 Å². The molecule has 0 spiro atoms. The minimum Gasteiger partial charge on any atom is -0.497 e. The number of rotatable bonds is 7. The van der Waals surface area contributed by atoms with Crippen molar-refractivity contribution in [2.75, 3.05) is 27.8 Å². The van der Waals surface area contributed by atoms with E-state index in [4.69, 9.17) is 9.47 Å². The normalized spacial score (nSPS) is 15.5. The van der Waals surface area contributed by atoms with Gasteiger partial charge in [-0.25, -0.2) is 9.40 Å². The van der Waals surface area contributed by atoms with Gasteiger partial charge < -0.3 is 14.4 Å². The third-order valence-corrected chi connectivity index (χ3v) is 5.25. The standard InChI is InChI=1S/C23H26FN3O4/c1-5-22(28)26(2)14-23(29)27-20(16-8-6-7-9-18(16)24)13-19(25-27)17-11-10-15(30-3)12-21(17)31-4/h6-12,20H,5,13-14H2,1-4H3. The highest BCUT2D eigenvalue weighted by Crippen LogP contribution is 2.37. The van der Waals surface area contributed by atoms with Crippen LogP contribution in [0.25, 0.3) is 0 Å². The minimum absolute atomic E-state index is 0.145. The fourth-order valence-electron chi connectivity index (χ4n) is 3.56. The predicted octanol–water partition coefficient (Wildman–Crippen LogP) is 3.39. The summed E-state index contributed by atoms with van der Waals surface area (Å²) in [5, 5.41) is 5.81. The lowest BCUT2D eigenvalue weighted by Gasteiger charge is -2.25. The van der Waals surface area contributed by atoms with Gasteiger partial charge in [-0.2, -0.15) is 5.10 Å². The van der Waals surface area contributed by atoms with Crippen molar-refractivity contribution < 1.29 is 23.5 Å². The number of likely N-dealkylation sites (N-methyl/N-ethyl adjacent to an activating group) is 1. The first kappa shape index (κ1) is 22.3. The molecule has 31 heavy (non-hydrogen) atoms. The second kappa shape index (κ2) is 9.59. The van der Waals surface area contributed by atoms with E-state index in [1.54, 1.807) is 57.5 Å². The number of hydrogen-bond acceptors (Lipinski definition) is 5. The van der Waals surface area contributed by atoms with Crippen LogP contribution < -0.4 is 9.47 Å². The molecule has 2 aromatic carbocycles. The van der Waals surface area contributed by atoms with Crippen LogP contribution in [-0.4, -0.2) is 55.2 Å². The van der Waals surface area contributed by atoms with E-state index in [-0.39, 0.29) is 24.8 Å². The van der Waals surface area contributed by atoms with Gasteiger partial charge in [-0.05, 0) is 18.2 Å². The van der Waals surface area contributed by atoms with Crippen molar-refractivity contribution in [2.45, 2.75) is 25.8 Å². The summed E-state index contributed by atoms with van der Waals surface area (Å²) < 4.78 is 25.3. The second-order valence-electron chi connectivity index (χ2n) is 7.20. The maximum Gasteiger partial charge on any atom is 0.262 e. The van der Waals surface area contributed by atoms with Gasteiger partial charge in [-0.1, -0.05) is 25.1 Å². The van der Waals surface area contributed by atoms with E-state index in [0.717, 1.165) is 0 Å². The molecule has 0 N–H and O–H groups in total. The number of carbonyl (C=O) groups excluding carboxylic acids is 2. The third kappa shape index (κ3) is 4.68. The van der Waals surface area contributed by atoms with Crippen molar-refractivity contribution in [3.05, 3.63) is 59.4 Å². The lowest BCUT2D eigenvalue weighted by molar-refractivity contribution is -0.140. The lowest BCUT2D eigenvalue weighted by Crippen LogP contribution is -2.39. The lowest BCUT2D eigenvalue weighted by atomic mass is 9.97. The van der Waals surface area contributed by atoms with E-state index in [0.29, 0.717) is 34.8 Å². The van der Waals surface area contributed by atoms with Crippen molar-refractivity contribution in [1.82, 2.24) is 9.91 Å². The molecule has 1 heterocycles. The first-order chi connectivity index (χ1) is 14.9. The molecule has 2 amide bonds. The van der Waals surface area contributed by atoms with Crippen molar-refractivity contribution in [3.8, 4) is 11.5 Å². The molecule has 1 unspecified atom stereocenters. The molecule has 164 valence electrons. The van der Waals surface area contributed by atoms with Crippen LogP contribution in [0.5, 0.6) is 11.5 Å². The van der Waals surface area contributed by atoms with Crippen molar-refractivity contribution in [2.24, 2.45) is 5.10 Å². The minimum atomic E-state index is -0.624. The molecular formula is C23H26FN3O4. The summed E-state index contributed by atoms with van der Waals surface area (Å²) in [5.41, 5.74) is 1.65. The van der Waals surface area contributed by atoms with Crippen LogP contribution in [0.3, 0.4) is 0 Å². The number of hydrazone groups is 1. The molecule has 2 aromatic rings. The molecule has 0 aliphatic carbocycles. The van der Waals surface area contributed by atoms with Gasteiger partial charge >= 0.3 is 0 Å². The van der Waals surface area contributed by atoms with Crippen molar-refractivity contribution in [3.63, 3.8) is 0 Å². The van der Waals surface area contributed by atoms with Crippen LogP contribution in [0.2, 0.25) is 0 Å². The Bertz CT molecular complexity index is 1010. The third-order valence-electron chi connectivity index (χ3n) is 5.25. The number of methoxy groups -OCH3 is 2. The molecule has 3 rings (SSSR count). The Labute approximate surface area is 181 Å². The Hall–Kier alpha value is -3.42. The molecule has 0 bridgehead atoms. The summed E-state index contributed by atoms with van der Waals surface area (Å²) in [4.78, 5) is 26.3. The number of halogens is 1. The van der Waals surface area contributed by atoms with Gasteiger partial charge in [0.15, 0.2) is 0 Å². The van der Waals surface area contributed by atoms with Gasteiger partial charge in [0.05, 0.1) is 26.0 Å². The maximum atomic E-state index is 14.6. The molecule has 0 fully saturated rings. The monoisotopic (exact) mass is 427 g/mol. The van der Waals surface area contributed by atoms with Crippen LogP contribution in [0.1, 0.15) is 36.9 Å². The van der Waals surface area contributed by atoms with Gasteiger partial charge in [0.2, 0.25) is 5.91 Å². The Balaban J connectivity index is 1.99. The molecule has 1 aliphatic rings. The molecule has 0 radical (unpaired) electrons. The maximum absolute atomic E-state index is 14.6. The van der Waals surface area contributed by atoms with Crippen molar-refractivity contribution in [1.29, 1.82) is 0 Å². The fraction of sp³-hybridized carbons (Fsp3) is 0.348. The zero-order valence-electron chi connectivity index (χ0n) is 18.1. The molecule has 0 saturated heterocycles. The quantitative estimate of drug-likeness (QED) is 0.679. The summed E-state index contributed by atoms with van der Waals surface area (Å²) in [6.45, 7) is 1.58. The SMILES string of the molecule is CCC(=O)N(C)CC(=O)N1N=C(c2ccc(OC)cc2OC)CC1c1ccccc1F. The number of amides is 2. The first-order valence-electron chi connectivity index (χ1n) is 9.99. The largest absolute Gasteiger partial charge is 0.497 e. The number of ether oxygens (including phenoxy) is 2. The topological polar surface area (TPSA) is 71.4 Å².